The Morgan fingerprint density at radius 3 is 2.44 bits per heavy atom. The van der Waals surface area contributed by atoms with Gasteiger partial charge in [-0.2, -0.15) is 5.10 Å². The van der Waals surface area contributed by atoms with Gasteiger partial charge in [-0.25, -0.2) is 19.6 Å². The first kappa shape index (κ1) is 23.5. The molecule has 0 unspecified atom stereocenters. The Kier molecular flexibility index (Phi) is 6.42. The van der Waals surface area contributed by atoms with Gasteiger partial charge in [0.2, 0.25) is 5.95 Å². The SMILES string of the molecule is Cc1ncn(-c2ccc(Nc3nccc(-c4cc(OC(F)(F)F)cc(N5CCOCC5)c4)n3)cc2)n1. The topological polar surface area (TPSA) is 90.2 Å². The molecule has 1 fully saturated rings. The maximum Gasteiger partial charge on any atom is 0.573 e. The maximum absolute atomic E-state index is 13.0. The molecule has 12 heteroatoms. The predicted molar refractivity (Wildman–Crippen MR) is 127 cm³/mol. The van der Waals surface area contributed by atoms with Gasteiger partial charge in [-0.1, -0.05) is 0 Å². The summed E-state index contributed by atoms with van der Waals surface area (Å²) in [6, 6.07) is 13.5. The summed E-state index contributed by atoms with van der Waals surface area (Å²) in [7, 11) is 0. The van der Waals surface area contributed by atoms with Crippen molar-refractivity contribution in [3.05, 3.63) is 66.9 Å². The molecule has 36 heavy (non-hydrogen) atoms. The number of anilines is 3. The molecule has 9 nitrogen and oxygen atoms in total. The van der Waals surface area contributed by atoms with Crippen molar-refractivity contribution < 1.29 is 22.6 Å². The number of aryl methyl sites for hydroxylation is 1. The largest absolute Gasteiger partial charge is 0.573 e. The molecule has 1 saturated heterocycles. The highest BCUT2D eigenvalue weighted by Crippen LogP contribution is 2.33. The highest BCUT2D eigenvalue weighted by atomic mass is 19.4. The van der Waals surface area contributed by atoms with Crippen LogP contribution in [0.4, 0.5) is 30.5 Å². The van der Waals surface area contributed by atoms with Gasteiger partial charge in [0.15, 0.2) is 0 Å². The second-order valence-electron chi connectivity index (χ2n) is 8.04. The van der Waals surface area contributed by atoms with Crippen LogP contribution in [0.5, 0.6) is 5.75 Å². The number of aromatic nitrogens is 5. The zero-order valence-corrected chi connectivity index (χ0v) is 19.2. The lowest BCUT2D eigenvalue weighted by molar-refractivity contribution is -0.274. The molecule has 0 bridgehead atoms. The average molecular weight is 497 g/mol. The first-order chi connectivity index (χ1) is 17.3. The molecule has 186 valence electrons. The van der Waals surface area contributed by atoms with Crippen molar-refractivity contribution in [2.24, 2.45) is 0 Å². The average Bonchev–Trinajstić information content (AvgIpc) is 3.30. The second-order valence-corrected chi connectivity index (χ2v) is 8.04. The third-order valence-electron chi connectivity index (χ3n) is 5.45. The number of morpholine rings is 1. The van der Waals surface area contributed by atoms with Crippen LogP contribution in [-0.2, 0) is 4.74 Å². The van der Waals surface area contributed by atoms with Crippen LogP contribution in [0.15, 0.2) is 61.1 Å². The number of hydrogen-bond acceptors (Lipinski definition) is 8. The molecule has 4 aromatic rings. The molecular weight excluding hydrogens is 475 g/mol. The van der Waals surface area contributed by atoms with Crippen molar-refractivity contribution in [2.75, 3.05) is 36.5 Å². The Balaban J connectivity index is 1.40. The Morgan fingerprint density at radius 1 is 0.972 bits per heavy atom. The molecule has 0 radical (unpaired) electrons. The molecule has 1 aliphatic heterocycles. The fraction of sp³-hybridized carbons (Fsp3) is 0.250. The van der Waals surface area contributed by atoms with E-state index in [9.17, 15) is 13.2 Å². The lowest BCUT2D eigenvalue weighted by atomic mass is 10.1. The molecule has 0 atom stereocenters. The number of alkyl halides is 3. The first-order valence-corrected chi connectivity index (χ1v) is 11.2. The summed E-state index contributed by atoms with van der Waals surface area (Å²) in [6.07, 6.45) is -1.63. The quantitative estimate of drug-likeness (QED) is 0.416. The molecule has 0 aliphatic carbocycles. The Hall–Kier alpha value is -4.19. The van der Waals surface area contributed by atoms with Gasteiger partial charge in [-0.05, 0) is 49.4 Å². The van der Waals surface area contributed by atoms with Gasteiger partial charge >= 0.3 is 6.36 Å². The minimum absolute atomic E-state index is 0.298. The molecule has 0 spiro atoms. The fourth-order valence-electron chi connectivity index (χ4n) is 3.80. The monoisotopic (exact) mass is 497 g/mol. The van der Waals surface area contributed by atoms with E-state index in [0.717, 1.165) is 11.4 Å². The van der Waals surface area contributed by atoms with Gasteiger partial charge in [0, 0.05) is 42.3 Å². The van der Waals surface area contributed by atoms with Crippen molar-refractivity contribution in [2.45, 2.75) is 13.3 Å². The van der Waals surface area contributed by atoms with Crippen molar-refractivity contribution in [3.8, 4) is 22.7 Å². The van der Waals surface area contributed by atoms with Crippen LogP contribution in [0.25, 0.3) is 16.9 Å². The standard InChI is InChI=1S/C24H22F3N7O2/c1-16-29-15-34(32-16)19-4-2-18(3-5-19)30-23-28-7-6-22(31-23)17-12-20(33-8-10-35-11-9-33)14-21(13-17)36-24(25,26)27/h2-7,12-15H,8-11H2,1H3,(H,28,30,31). The lowest BCUT2D eigenvalue weighted by Gasteiger charge is -2.29. The Bertz CT molecular complexity index is 1340. The number of halogens is 3. The number of nitrogens with zero attached hydrogens (tertiary/aromatic N) is 6. The molecule has 3 heterocycles. The minimum atomic E-state index is -4.81. The summed E-state index contributed by atoms with van der Waals surface area (Å²) in [6.45, 7) is 3.93. The zero-order chi connectivity index (χ0) is 25.1. The van der Waals surface area contributed by atoms with Crippen molar-refractivity contribution in [1.82, 2.24) is 24.7 Å². The van der Waals surface area contributed by atoms with Crippen LogP contribution in [0.2, 0.25) is 0 Å². The number of ether oxygens (including phenoxy) is 2. The van der Waals surface area contributed by atoms with Crippen LogP contribution >= 0.6 is 0 Å². The van der Waals surface area contributed by atoms with E-state index in [1.54, 1.807) is 29.3 Å². The lowest BCUT2D eigenvalue weighted by Crippen LogP contribution is -2.36. The maximum atomic E-state index is 13.0. The van der Waals surface area contributed by atoms with Gasteiger partial charge in [0.05, 0.1) is 24.6 Å². The summed E-state index contributed by atoms with van der Waals surface area (Å²) in [5.74, 6) is 0.657. The van der Waals surface area contributed by atoms with Crippen molar-refractivity contribution in [3.63, 3.8) is 0 Å². The predicted octanol–water partition coefficient (Wildman–Crippen LogP) is 4.51. The first-order valence-electron chi connectivity index (χ1n) is 11.2. The third-order valence-corrected chi connectivity index (χ3v) is 5.45. The Morgan fingerprint density at radius 2 is 1.75 bits per heavy atom. The summed E-state index contributed by atoms with van der Waals surface area (Å²) < 4.78 is 50.3. The summed E-state index contributed by atoms with van der Waals surface area (Å²) >= 11 is 0. The van der Waals surface area contributed by atoms with Crippen LogP contribution in [0.3, 0.4) is 0 Å². The van der Waals surface area contributed by atoms with E-state index in [0.29, 0.717) is 55.0 Å². The summed E-state index contributed by atoms with van der Waals surface area (Å²) in [5, 5.41) is 7.40. The van der Waals surface area contributed by atoms with Crippen LogP contribution < -0.4 is 15.0 Å². The molecule has 2 aromatic carbocycles. The third kappa shape index (κ3) is 5.71. The number of hydrogen-bond donors (Lipinski definition) is 1. The van der Waals surface area contributed by atoms with Gasteiger partial charge in [-0.15, -0.1) is 13.2 Å². The second kappa shape index (κ2) is 9.82. The van der Waals surface area contributed by atoms with Crippen LogP contribution in [-0.4, -0.2) is 57.4 Å². The van der Waals surface area contributed by atoms with E-state index >= 15 is 0 Å². The summed E-state index contributed by atoms with van der Waals surface area (Å²) in [4.78, 5) is 14.8. The van der Waals surface area contributed by atoms with Crippen LogP contribution in [0.1, 0.15) is 5.82 Å². The van der Waals surface area contributed by atoms with E-state index in [2.05, 4.69) is 30.1 Å². The van der Waals surface area contributed by atoms with E-state index in [4.69, 9.17) is 4.74 Å². The van der Waals surface area contributed by atoms with E-state index in [1.807, 2.05) is 36.1 Å². The Labute approximate surface area is 204 Å². The smallest absolute Gasteiger partial charge is 0.406 e. The molecule has 0 amide bonds. The zero-order valence-electron chi connectivity index (χ0n) is 19.2. The van der Waals surface area contributed by atoms with E-state index < -0.39 is 6.36 Å². The van der Waals surface area contributed by atoms with E-state index in [1.165, 1.54) is 12.1 Å². The van der Waals surface area contributed by atoms with Crippen LogP contribution in [0, 0.1) is 6.92 Å². The molecule has 1 aliphatic rings. The van der Waals surface area contributed by atoms with Gasteiger partial charge < -0.3 is 19.7 Å². The minimum Gasteiger partial charge on any atom is -0.406 e. The summed E-state index contributed by atoms with van der Waals surface area (Å²) in [5.41, 5.74) is 3.09. The number of benzene rings is 2. The molecule has 2 aromatic heterocycles. The molecular formula is C24H22F3N7O2. The highest BCUT2D eigenvalue weighted by Gasteiger charge is 2.31. The van der Waals surface area contributed by atoms with Crippen molar-refractivity contribution >= 4 is 17.3 Å². The molecule has 0 saturated carbocycles. The fourth-order valence-corrected chi connectivity index (χ4v) is 3.80. The van der Waals surface area contributed by atoms with Gasteiger partial charge in [0.25, 0.3) is 0 Å². The van der Waals surface area contributed by atoms with E-state index in [-0.39, 0.29) is 5.75 Å². The van der Waals surface area contributed by atoms with Gasteiger partial charge in [0.1, 0.15) is 17.9 Å². The normalized spacial score (nSPS) is 14.1. The molecule has 1 N–H and O–H groups in total. The number of rotatable bonds is 6. The highest BCUT2D eigenvalue weighted by molar-refractivity contribution is 5.70. The number of nitrogens with one attached hydrogen (secondary N) is 1. The molecule has 5 rings (SSSR count). The van der Waals surface area contributed by atoms with Crippen molar-refractivity contribution in [1.29, 1.82) is 0 Å². The van der Waals surface area contributed by atoms with Gasteiger partial charge in [-0.3, -0.25) is 0 Å².